The van der Waals surface area contributed by atoms with Crippen LogP contribution in [0.3, 0.4) is 0 Å². The average molecular weight is 417 g/mol. The minimum atomic E-state index is -0.402. The molecular weight excluding hydrogens is 388 g/mol. The topological polar surface area (TPSA) is 57.7 Å². The fraction of sp³-hybridized carbons (Fsp3) is 0.280. The lowest BCUT2D eigenvalue weighted by Crippen LogP contribution is -2.50. The highest BCUT2D eigenvalue weighted by Crippen LogP contribution is 2.23. The molecule has 1 N–H and O–H groups in total. The number of aromatic nitrogens is 1. The van der Waals surface area contributed by atoms with Crippen LogP contribution in [-0.4, -0.2) is 48.7 Å². The molecular formula is C25H28N4O2. The Balaban J connectivity index is 1.35. The Morgan fingerprint density at radius 1 is 0.935 bits per heavy atom. The molecule has 31 heavy (non-hydrogen) atoms. The summed E-state index contributed by atoms with van der Waals surface area (Å²) in [5.41, 5.74) is 3.32. The minimum Gasteiger partial charge on any atom is -0.445 e. The van der Waals surface area contributed by atoms with E-state index in [2.05, 4.69) is 50.4 Å². The molecule has 0 aliphatic carbocycles. The predicted molar refractivity (Wildman–Crippen MR) is 122 cm³/mol. The van der Waals surface area contributed by atoms with Crippen LogP contribution >= 0.6 is 0 Å². The summed E-state index contributed by atoms with van der Waals surface area (Å²) >= 11 is 0. The Labute approximate surface area is 183 Å². The molecule has 1 aromatic heterocycles. The van der Waals surface area contributed by atoms with Crippen LogP contribution < -0.4 is 10.2 Å². The zero-order valence-electron chi connectivity index (χ0n) is 17.6. The maximum atomic E-state index is 12.3. The smallest absolute Gasteiger partial charge is 0.407 e. The maximum Gasteiger partial charge on any atom is 0.407 e. The molecule has 1 fully saturated rings. The van der Waals surface area contributed by atoms with E-state index >= 15 is 0 Å². The van der Waals surface area contributed by atoms with Gasteiger partial charge in [0.05, 0.1) is 6.04 Å². The first-order valence-corrected chi connectivity index (χ1v) is 10.7. The van der Waals surface area contributed by atoms with Crippen LogP contribution in [-0.2, 0) is 11.3 Å². The first-order valence-electron chi connectivity index (χ1n) is 10.7. The highest BCUT2D eigenvalue weighted by Gasteiger charge is 2.26. The van der Waals surface area contributed by atoms with Crippen LogP contribution in [0, 0.1) is 0 Å². The zero-order valence-corrected chi connectivity index (χ0v) is 17.6. The van der Waals surface area contributed by atoms with E-state index in [-0.39, 0.29) is 12.6 Å². The van der Waals surface area contributed by atoms with Gasteiger partial charge in [0.2, 0.25) is 0 Å². The molecule has 3 aromatic rings. The molecule has 1 saturated heterocycles. The Bertz CT molecular complexity index is 930. The van der Waals surface area contributed by atoms with E-state index in [1.165, 1.54) is 5.69 Å². The number of anilines is 1. The van der Waals surface area contributed by atoms with Gasteiger partial charge in [-0.1, -0.05) is 54.6 Å². The zero-order chi connectivity index (χ0) is 21.3. The van der Waals surface area contributed by atoms with E-state index < -0.39 is 6.09 Å². The van der Waals surface area contributed by atoms with E-state index in [0.29, 0.717) is 6.54 Å². The van der Waals surface area contributed by atoms with E-state index in [4.69, 9.17) is 4.74 Å². The fourth-order valence-electron chi connectivity index (χ4n) is 3.92. The number of carbonyl (C=O) groups excluding carboxylic acids is 1. The van der Waals surface area contributed by atoms with Crippen molar-refractivity contribution in [1.82, 2.24) is 15.2 Å². The van der Waals surface area contributed by atoms with Crippen LogP contribution in [0.25, 0.3) is 0 Å². The van der Waals surface area contributed by atoms with Gasteiger partial charge in [0.1, 0.15) is 6.61 Å². The molecule has 0 unspecified atom stereocenters. The summed E-state index contributed by atoms with van der Waals surface area (Å²) < 4.78 is 5.38. The first-order chi connectivity index (χ1) is 15.3. The Hall–Kier alpha value is -3.38. The second-order valence-electron chi connectivity index (χ2n) is 7.60. The van der Waals surface area contributed by atoms with Gasteiger partial charge in [0.15, 0.2) is 0 Å². The molecule has 2 aromatic carbocycles. The van der Waals surface area contributed by atoms with Gasteiger partial charge in [-0.25, -0.2) is 4.79 Å². The van der Waals surface area contributed by atoms with Gasteiger partial charge in [-0.2, -0.15) is 0 Å². The van der Waals surface area contributed by atoms with Crippen molar-refractivity contribution in [1.29, 1.82) is 0 Å². The summed E-state index contributed by atoms with van der Waals surface area (Å²) in [5, 5.41) is 2.95. The number of nitrogens with one attached hydrogen (secondary N) is 1. The maximum absolute atomic E-state index is 12.3. The normalized spacial score (nSPS) is 15.3. The summed E-state index contributed by atoms with van der Waals surface area (Å²) in [6.45, 7) is 4.45. The highest BCUT2D eigenvalue weighted by molar-refractivity contribution is 5.67. The molecule has 1 atom stereocenters. The molecule has 6 heteroatoms. The van der Waals surface area contributed by atoms with Crippen LogP contribution in [0.1, 0.15) is 17.2 Å². The summed E-state index contributed by atoms with van der Waals surface area (Å²) in [7, 11) is 0. The average Bonchev–Trinajstić information content (AvgIpc) is 2.85. The van der Waals surface area contributed by atoms with Crippen molar-refractivity contribution >= 4 is 11.8 Å². The van der Waals surface area contributed by atoms with Gasteiger partial charge in [-0.05, 0) is 29.3 Å². The van der Waals surface area contributed by atoms with E-state index in [0.717, 1.165) is 37.3 Å². The van der Waals surface area contributed by atoms with Gasteiger partial charge < -0.3 is 15.0 Å². The molecule has 2 heterocycles. The third kappa shape index (κ3) is 5.83. The standard InChI is InChI=1S/C25H28N4O2/c30-25(31-20-21-8-3-1-4-9-21)27-19-24(22-10-7-13-26-18-22)29-16-14-28(15-17-29)23-11-5-2-6-12-23/h1-13,18,24H,14-17,19-20H2,(H,27,30)/t24-/m1/s1. The molecule has 6 nitrogen and oxygen atoms in total. The molecule has 1 amide bonds. The summed E-state index contributed by atoms with van der Waals surface area (Å²) in [6.07, 6.45) is 3.25. The number of rotatable bonds is 7. The van der Waals surface area contributed by atoms with E-state index in [1.807, 2.05) is 48.7 Å². The van der Waals surface area contributed by atoms with Gasteiger partial charge >= 0.3 is 6.09 Å². The fourth-order valence-corrected chi connectivity index (χ4v) is 3.92. The summed E-state index contributed by atoms with van der Waals surface area (Å²) in [4.78, 5) is 21.4. The van der Waals surface area contributed by atoms with Crippen molar-refractivity contribution in [3.63, 3.8) is 0 Å². The third-order valence-electron chi connectivity index (χ3n) is 5.60. The Morgan fingerprint density at radius 3 is 2.32 bits per heavy atom. The lowest BCUT2D eigenvalue weighted by Gasteiger charge is -2.40. The Morgan fingerprint density at radius 2 is 1.65 bits per heavy atom. The van der Waals surface area contributed by atoms with Crippen LogP contribution in [0.4, 0.5) is 10.5 Å². The van der Waals surface area contributed by atoms with Crippen LogP contribution in [0.2, 0.25) is 0 Å². The SMILES string of the molecule is O=C(NC[C@H](c1cccnc1)N1CCN(c2ccccc2)CC1)OCc1ccccc1. The predicted octanol–water partition coefficient (Wildman–Crippen LogP) is 3.87. The van der Waals surface area contributed by atoms with Gasteiger partial charge in [0.25, 0.3) is 0 Å². The number of alkyl carbamates (subject to hydrolysis) is 1. The molecule has 0 spiro atoms. The van der Waals surface area contributed by atoms with Gasteiger partial charge in [-0.15, -0.1) is 0 Å². The van der Waals surface area contributed by atoms with Crippen LogP contribution in [0.15, 0.2) is 85.2 Å². The molecule has 4 rings (SSSR count). The monoisotopic (exact) mass is 416 g/mol. The number of para-hydroxylation sites is 1. The lowest BCUT2D eigenvalue weighted by molar-refractivity contribution is 0.130. The molecule has 1 aliphatic heterocycles. The molecule has 0 saturated carbocycles. The molecule has 0 radical (unpaired) electrons. The highest BCUT2D eigenvalue weighted by atomic mass is 16.5. The summed E-state index contributed by atoms with van der Waals surface area (Å²) in [5.74, 6) is 0. The number of hydrogen-bond acceptors (Lipinski definition) is 5. The second kappa shape index (κ2) is 10.6. The number of piperazine rings is 1. The quantitative estimate of drug-likeness (QED) is 0.634. The van der Waals surface area contributed by atoms with E-state index in [1.54, 1.807) is 6.20 Å². The largest absolute Gasteiger partial charge is 0.445 e. The number of amides is 1. The molecule has 160 valence electrons. The Kier molecular flexibility index (Phi) is 7.13. The van der Waals surface area contributed by atoms with Gasteiger partial charge in [-0.3, -0.25) is 9.88 Å². The van der Waals surface area contributed by atoms with Crippen molar-refractivity contribution in [3.8, 4) is 0 Å². The lowest BCUT2D eigenvalue weighted by atomic mass is 10.1. The number of carbonyl (C=O) groups is 1. The van der Waals surface area contributed by atoms with Crippen molar-refractivity contribution in [3.05, 3.63) is 96.3 Å². The number of benzene rings is 2. The third-order valence-corrected chi connectivity index (χ3v) is 5.60. The van der Waals surface area contributed by atoms with Crippen molar-refractivity contribution < 1.29 is 9.53 Å². The number of pyridine rings is 1. The molecule has 0 bridgehead atoms. The molecule has 1 aliphatic rings. The van der Waals surface area contributed by atoms with Crippen molar-refractivity contribution in [2.24, 2.45) is 0 Å². The number of nitrogens with zero attached hydrogens (tertiary/aromatic N) is 3. The second-order valence-corrected chi connectivity index (χ2v) is 7.60. The first kappa shape index (κ1) is 20.9. The van der Waals surface area contributed by atoms with Crippen molar-refractivity contribution in [2.45, 2.75) is 12.6 Å². The van der Waals surface area contributed by atoms with Crippen molar-refractivity contribution in [2.75, 3.05) is 37.6 Å². The minimum absolute atomic E-state index is 0.0518. The summed E-state index contributed by atoms with van der Waals surface area (Å²) in [6, 6.07) is 24.3. The van der Waals surface area contributed by atoms with E-state index in [9.17, 15) is 4.79 Å². The number of ether oxygens (including phenoxy) is 1. The number of hydrogen-bond donors (Lipinski definition) is 1. The van der Waals surface area contributed by atoms with Gasteiger partial charge in [0, 0.05) is 50.8 Å². The van der Waals surface area contributed by atoms with Crippen LogP contribution in [0.5, 0.6) is 0 Å².